The van der Waals surface area contributed by atoms with E-state index in [1.807, 2.05) is 60.7 Å². The molecule has 0 amide bonds. The first kappa shape index (κ1) is 58.5. The lowest BCUT2D eigenvalue weighted by Gasteiger charge is -2.08. The molecule has 15 aromatic carbocycles. The molecule has 0 spiro atoms. The van der Waals surface area contributed by atoms with Gasteiger partial charge in [0, 0.05) is 104 Å². The van der Waals surface area contributed by atoms with Crippen molar-refractivity contribution >= 4 is 165 Å². The topological polar surface area (TPSA) is 93.6 Å². The van der Waals surface area contributed by atoms with Gasteiger partial charge in [0.1, 0.15) is 66.8 Å². The molecule has 9 nitrogen and oxygen atoms in total. The minimum absolute atomic E-state index is 0.876. The van der Waals surface area contributed by atoms with Crippen molar-refractivity contribution in [1.82, 2.24) is 13.7 Å². The maximum Gasteiger partial charge on any atom is 0.161 e. The molecule has 0 bridgehead atoms. The van der Waals surface area contributed by atoms with Gasteiger partial charge in [0.2, 0.25) is 0 Å². The van der Waals surface area contributed by atoms with E-state index in [0.29, 0.717) is 0 Å². The first-order valence-corrected chi connectivity index (χ1v) is 35.4. The van der Waals surface area contributed by atoms with Crippen LogP contribution in [0, 0.1) is 0 Å². The van der Waals surface area contributed by atoms with Gasteiger partial charge in [-0.15, -0.1) is 0 Å². The summed E-state index contributed by atoms with van der Waals surface area (Å²) in [6, 6.07) is 120. The van der Waals surface area contributed by atoms with Crippen LogP contribution in [0.5, 0.6) is 0 Å². The molecule has 0 aliphatic heterocycles. The van der Waals surface area contributed by atoms with Crippen LogP contribution >= 0.6 is 0 Å². The predicted octanol–water partition coefficient (Wildman–Crippen LogP) is 27.3. The van der Waals surface area contributed by atoms with Crippen molar-refractivity contribution in [2.24, 2.45) is 0 Å². The number of aromatic nitrogens is 3. The number of furan rings is 6. The van der Waals surface area contributed by atoms with Crippen LogP contribution in [0.3, 0.4) is 0 Å². The van der Waals surface area contributed by atoms with Crippen molar-refractivity contribution in [3.05, 3.63) is 346 Å². The molecule has 0 aliphatic rings. The van der Waals surface area contributed by atoms with E-state index in [1.54, 1.807) is 0 Å². The molecule has 0 saturated heterocycles. The molecule has 0 saturated carbocycles. The van der Waals surface area contributed by atoms with Gasteiger partial charge in [-0.25, -0.2) is 0 Å². The summed E-state index contributed by atoms with van der Waals surface area (Å²) in [5.74, 6) is 0. The zero-order valence-corrected chi connectivity index (χ0v) is 56.2. The second kappa shape index (κ2) is 23.1. The zero-order chi connectivity index (χ0) is 68.8. The van der Waals surface area contributed by atoms with Crippen LogP contribution in [-0.4, -0.2) is 13.7 Å². The highest BCUT2D eigenvalue weighted by atomic mass is 16.4. The number of fused-ring (bicyclic) bond motifs is 24. The number of rotatable bonds is 6. The van der Waals surface area contributed by atoms with Gasteiger partial charge in [-0.3, -0.25) is 0 Å². The van der Waals surface area contributed by atoms with Gasteiger partial charge in [-0.1, -0.05) is 212 Å². The number of para-hydroxylation sites is 13. The molecule has 24 rings (SSSR count). The van der Waals surface area contributed by atoms with E-state index < -0.39 is 0 Å². The monoisotopic (exact) mass is 1350 g/mol. The molecular weight excluding hydrogens is 1290 g/mol. The fourth-order valence-corrected chi connectivity index (χ4v) is 16.4. The highest BCUT2D eigenvalue weighted by molar-refractivity contribution is 6.23. The Bertz CT molecular complexity index is 7580. The Kier molecular flexibility index (Phi) is 12.9. The van der Waals surface area contributed by atoms with E-state index in [4.69, 9.17) is 26.5 Å². The third-order valence-electron chi connectivity index (χ3n) is 21.0. The maximum atomic E-state index is 6.71. The highest BCUT2D eigenvalue weighted by Crippen LogP contribution is 2.48. The molecule has 0 atom stereocenters. The van der Waals surface area contributed by atoms with Gasteiger partial charge in [0.05, 0.1) is 16.6 Å². The van der Waals surface area contributed by atoms with E-state index >= 15 is 0 Å². The van der Waals surface area contributed by atoms with E-state index in [9.17, 15) is 0 Å². The van der Waals surface area contributed by atoms with Crippen molar-refractivity contribution in [2.45, 2.75) is 0 Å². The van der Waals surface area contributed by atoms with Crippen LogP contribution in [0.25, 0.3) is 215 Å². The molecule has 0 aliphatic carbocycles. The first-order valence-electron chi connectivity index (χ1n) is 35.4. The summed E-state index contributed by atoms with van der Waals surface area (Å²) in [4.78, 5) is 0. The smallest absolute Gasteiger partial charge is 0.161 e. The predicted molar refractivity (Wildman–Crippen MR) is 430 cm³/mol. The second-order valence-electron chi connectivity index (χ2n) is 26.8. The van der Waals surface area contributed by atoms with E-state index in [0.717, 1.165) is 215 Å². The van der Waals surface area contributed by atoms with Crippen molar-refractivity contribution < 1.29 is 26.5 Å². The maximum absolute atomic E-state index is 6.71. The quantitative estimate of drug-likeness (QED) is 0.165. The van der Waals surface area contributed by atoms with Crippen molar-refractivity contribution in [3.63, 3.8) is 0 Å². The van der Waals surface area contributed by atoms with E-state index in [1.165, 1.54) is 0 Å². The SMILES string of the molecule is c1ccc(-n2c3ccccc3c3oc4c(-c5ccc6c(c5)oc5ccccc56)cccc4c32)cc1.c1ccc(-n2c3ccccc3c3oc4c(-c5ccc6oc7ccccc7c6c5)cccc4c32)cc1.c1ccc(-n2c3ccccc3c3oc4c(-c5cccc6c5oc5ccccc56)cccc4c32)cc1. The average Bonchev–Trinajstić information content (AvgIpc) is 1.57. The van der Waals surface area contributed by atoms with Crippen molar-refractivity contribution in [3.8, 4) is 50.4 Å². The lowest BCUT2D eigenvalue weighted by molar-refractivity contribution is 0.666. The van der Waals surface area contributed by atoms with Crippen LogP contribution in [-0.2, 0) is 0 Å². The molecule has 0 N–H and O–H groups in total. The number of hydrogen-bond acceptors (Lipinski definition) is 6. The molecule has 9 heterocycles. The highest BCUT2D eigenvalue weighted by Gasteiger charge is 2.26. The molecule has 24 aromatic rings. The zero-order valence-electron chi connectivity index (χ0n) is 56.2. The van der Waals surface area contributed by atoms with Crippen LogP contribution in [0.2, 0.25) is 0 Å². The Morgan fingerprint density at radius 3 is 0.933 bits per heavy atom. The minimum atomic E-state index is 0.876. The molecule has 492 valence electrons. The molecule has 0 unspecified atom stereocenters. The summed E-state index contributed by atoms with van der Waals surface area (Å²) in [5.41, 5.74) is 27.3. The third kappa shape index (κ3) is 8.95. The van der Waals surface area contributed by atoms with Crippen molar-refractivity contribution in [1.29, 1.82) is 0 Å². The molecule has 9 heteroatoms. The summed E-state index contributed by atoms with van der Waals surface area (Å²) in [7, 11) is 0. The van der Waals surface area contributed by atoms with Crippen LogP contribution in [0.15, 0.2) is 372 Å². The number of hydrogen-bond donors (Lipinski definition) is 0. The molecule has 0 radical (unpaired) electrons. The summed E-state index contributed by atoms with van der Waals surface area (Å²) >= 11 is 0. The average molecular weight is 1350 g/mol. The lowest BCUT2D eigenvalue weighted by atomic mass is 10.0. The second-order valence-corrected chi connectivity index (χ2v) is 26.8. The largest absolute Gasteiger partial charge is 0.456 e. The Labute approximate surface area is 597 Å². The van der Waals surface area contributed by atoms with Crippen LogP contribution in [0.4, 0.5) is 0 Å². The van der Waals surface area contributed by atoms with Crippen molar-refractivity contribution in [2.75, 3.05) is 0 Å². The van der Waals surface area contributed by atoms with Crippen LogP contribution < -0.4 is 0 Å². The van der Waals surface area contributed by atoms with Gasteiger partial charge < -0.3 is 40.2 Å². The Hall–Kier alpha value is -14.3. The summed E-state index contributed by atoms with van der Waals surface area (Å²) in [5, 5.41) is 13.4. The Balaban J connectivity index is 0.0000000986. The van der Waals surface area contributed by atoms with E-state index in [-0.39, 0.29) is 0 Å². The van der Waals surface area contributed by atoms with Gasteiger partial charge >= 0.3 is 0 Å². The fraction of sp³-hybridized carbons (Fsp3) is 0. The standard InChI is InChI=1S/3C32H19NO2/c1-2-10-20(11-3-1)33-27-18-6-4-13-25(27)32-29(33)26-17-9-16-24(31(26)35-32)23-15-8-14-22-21-12-5-7-19-28(21)34-30(22)23;1-2-9-21(10-3-1)33-27-15-6-4-12-25(27)32-30(33)26-14-8-13-22(31(26)35-32)20-17-18-24-23-11-5-7-16-28(23)34-29(24)19-20;1-2-9-21(10-3-1)33-27-15-6-4-12-24(27)32-30(33)25-14-8-13-22(31(25)35-32)20-17-18-29-26(19-20)23-11-5-7-16-28(23)34-29/h3*1-19H. The molecule has 9 aromatic heterocycles. The fourth-order valence-electron chi connectivity index (χ4n) is 16.4. The molecule has 105 heavy (non-hydrogen) atoms. The van der Waals surface area contributed by atoms with Gasteiger partial charge in [-0.2, -0.15) is 0 Å². The third-order valence-corrected chi connectivity index (χ3v) is 21.0. The van der Waals surface area contributed by atoms with Gasteiger partial charge in [-0.05, 0) is 145 Å². The Morgan fingerprint density at radius 2 is 0.467 bits per heavy atom. The summed E-state index contributed by atoms with van der Waals surface area (Å²) < 4.78 is 45.6. The van der Waals surface area contributed by atoms with Gasteiger partial charge in [0.25, 0.3) is 0 Å². The Morgan fingerprint density at radius 1 is 0.162 bits per heavy atom. The minimum Gasteiger partial charge on any atom is -0.456 e. The number of nitrogens with zero attached hydrogens (tertiary/aromatic N) is 3. The normalized spacial score (nSPS) is 12.0. The number of benzene rings is 15. The molecular formula is C96H57N3O6. The molecule has 0 fully saturated rings. The van der Waals surface area contributed by atoms with Gasteiger partial charge in [0.15, 0.2) is 16.7 Å². The van der Waals surface area contributed by atoms with E-state index in [2.05, 4.69) is 299 Å². The summed E-state index contributed by atoms with van der Waals surface area (Å²) in [6.45, 7) is 0. The summed E-state index contributed by atoms with van der Waals surface area (Å²) in [6.07, 6.45) is 0. The first-order chi connectivity index (χ1) is 52.1. The lowest BCUT2D eigenvalue weighted by Crippen LogP contribution is -1.92. The van der Waals surface area contributed by atoms with Crippen LogP contribution in [0.1, 0.15) is 0 Å².